The zero-order valence-corrected chi connectivity index (χ0v) is 11.1. The number of nitrogens with two attached hydrogens (primary N) is 1. The van der Waals surface area contributed by atoms with Crippen LogP contribution in [0.2, 0.25) is 0 Å². The number of halogens is 2. The highest BCUT2D eigenvalue weighted by Gasteiger charge is 2.08. The van der Waals surface area contributed by atoms with Gasteiger partial charge < -0.3 is 15.8 Å². The van der Waals surface area contributed by atoms with Crippen LogP contribution >= 0.6 is 0 Å². The molecule has 2 rings (SSSR count). The first kappa shape index (κ1) is 14.1. The second kappa shape index (κ2) is 6.23. The predicted molar refractivity (Wildman–Crippen MR) is 76.3 cm³/mol. The second-order valence-electron chi connectivity index (χ2n) is 4.37. The summed E-state index contributed by atoms with van der Waals surface area (Å²) in [6, 6.07) is 8.95. The SMILES string of the molecule is CCCOc1cc(N)cc(Nc2cccc(F)c2F)c1. The van der Waals surface area contributed by atoms with E-state index in [0.717, 1.165) is 12.5 Å². The third-order valence-corrected chi connectivity index (χ3v) is 2.63. The van der Waals surface area contributed by atoms with Crippen LogP contribution in [0.5, 0.6) is 5.75 Å². The summed E-state index contributed by atoms with van der Waals surface area (Å²) in [6.07, 6.45) is 0.871. The number of anilines is 3. The highest BCUT2D eigenvalue weighted by atomic mass is 19.2. The molecule has 0 saturated carbocycles. The van der Waals surface area contributed by atoms with Crippen molar-refractivity contribution in [3.8, 4) is 5.75 Å². The third kappa shape index (κ3) is 3.38. The van der Waals surface area contributed by atoms with Gasteiger partial charge in [0.2, 0.25) is 0 Å². The Hall–Kier alpha value is -2.30. The van der Waals surface area contributed by atoms with Gasteiger partial charge in [-0.3, -0.25) is 0 Å². The van der Waals surface area contributed by atoms with E-state index in [-0.39, 0.29) is 5.69 Å². The Morgan fingerprint density at radius 3 is 2.75 bits per heavy atom. The summed E-state index contributed by atoms with van der Waals surface area (Å²) in [4.78, 5) is 0. The van der Waals surface area contributed by atoms with E-state index in [1.54, 1.807) is 18.2 Å². The minimum Gasteiger partial charge on any atom is -0.493 e. The first-order chi connectivity index (χ1) is 9.60. The molecule has 0 aromatic heterocycles. The van der Waals surface area contributed by atoms with Crippen molar-refractivity contribution in [1.29, 1.82) is 0 Å². The molecule has 0 bridgehead atoms. The molecule has 2 aromatic carbocycles. The van der Waals surface area contributed by atoms with E-state index in [1.807, 2.05) is 6.92 Å². The Balaban J connectivity index is 2.24. The second-order valence-corrected chi connectivity index (χ2v) is 4.37. The van der Waals surface area contributed by atoms with Gasteiger partial charge in [-0.25, -0.2) is 8.78 Å². The summed E-state index contributed by atoms with van der Waals surface area (Å²) in [7, 11) is 0. The van der Waals surface area contributed by atoms with Crippen molar-refractivity contribution in [3.05, 3.63) is 48.0 Å². The molecular weight excluding hydrogens is 262 g/mol. The molecule has 20 heavy (non-hydrogen) atoms. The monoisotopic (exact) mass is 278 g/mol. The lowest BCUT2D eigenvalue weighted by Gasteiger charge is -2.11. The summed E-state index contributed by atoms with van der Waals surface area (Å²) in [6.45, 7) is 2.56. The van der Waals surface area contributed by atoms with Crippen LogP contribution in [0, 0.1) is 11.6 Å². The van der Waals surface area contributed by atoms with Gasteiger partial charge in [0.05, 0.1) is 12.3 Å². The van der Waals surface area contributed by atoms with E-state index in [4.69, 9.17) is 10.5 Å². The number of hydrogen-bond donors (Lipinski definition) is 2. The van der Waals surface area contributed by atoms with Crippen LogP contribution in [0.3, 0.4) is 0 Å². The summed E-state index contributed by atoms with van der Waals surface area (Å²) in [5.41, 5.74) is 6.84. The molecule has 5 heteroatoms. The van der Waals surface area contributed by atoms with Crippen LogP contribution in [0.4, 0.5) is 25.8 Å². The first-order valence-electron chi connectivity index (χ1n) is 6.34. The molecule has 0 spiro atoms. The molecule has 0 fully saturated rings. The van der Waals surface area contributed by atoms with Crippen LogP contribution in [0.1, 0.15) is 13.3 Å². The van der Waals surface area contributed by atoms with Crippen molar-refractivity contribution in [1.82, 2.24) is 0 Å². The number of ether oxygens (including phenoxy) is 1. The fraction of sp³-hybridized carbons (Fsp3) is 0.200. The topological polar surface area (TPSA) is 47.3 Å². The smallest absolute Gasteiger partial charge is 0.182 e. The van der Waals surface area contributed by atoms with Crippen LogP contribution in [-0.2, 0) is 0 Å². The van der Waals surface area contributed by atoms with Crippen LogP contribution in [0.25, 0.3) is 0 Å². The molecule has 0 amide bonds. The summed E-state index contributed by atoms with van der Waals surface area (Å²) in [5.74, 6) is -1.24. The number of nitrogen functional groups attached to an aromatic ring is 1. The van der Waals surface area contributed by atoms with E-state index in [9.17, 15) is 8.78 Å². The van der Waals surface area contributed by atoms with Gasteiger partial charge in [-0.1, -0.05) is 13.0 Å². The molecular formula is C15H16F2N2O. The molecule has 3 N–H and O–H groups in total. The molecule has 0 unspecified atom stereocenters. The lowest BCUT2D eigenvalue weighted by molar-refractivity contribution is 0.318. The zero-order valence-electron chi connectivity index (χ0n) is 11.1. The molecule has 0 saturated heterocycles. The largest absolute Gasteiger partial charge is 0.493 e. The predicted octanol–water partition coefficient (Wildman–Crippen LogP) is 4.08. The lowest BCUT2D eigenvalue weighted by Crippen LogP contribution is -2.00. The summed E-state index contributed by atoms with van der Waals surface area (Å²) >= 11 is 0. The van der Waals surface area contributed by atoms with Gasteiger partial charge >= 0.3 is 0 Å². The van der Waals surface area contributed by atoms with Gasteiger partial charge in [0.1, 0.15) is 5.75 Å². The molecule has 0 atom stereocenters. The summed E-state index contributed by atoms with van der Waals surface area (Å²) < 4.78 is 32.2. The van der Waals surface area contributed by atoms with E-state index < -0.39 is 11.6 Å². The molecule has 0 radical (unpaired) electrons. The molecule has 0 aliphatic heterocycles. The van der Waals surface area contributed by atoms with Gasteiger partial charge in [-0.05, 0) is 24.6 Å². The molecule has 0 aliphatic carbocycles. The maximum Gasteiger partial charge on any atom is 0.182 e. The zero-order chi connectivity index (χ0) is 14.5. The average Bonchev–Trinajstić information content (AvgIpc) is 2.41. The Morgan fingerprint density at radius 2 is 2.00 bits per heavy atom. The van der Waals surface area contributed by atoms with Crippen molar-refractivity contribution in [2.24, 2.45) is 0 Å². The van der Waals surface area contributed by atoms with Gasteiger partial charge in [-0.2, -0.15) is 0 Å². The minimum absolute atomic E-state index is 0.0528. The third-order valence-electron chi connectivity index (χ3n) is 2.63. The van der Waals surface area contributed by atoms with E-state index in [1.165, 1.54) is 12.1 Å². The number of nitrogens with one attached hydrogen (secondary N) is 1. The average molecular weight is 278 g/mol. The van der Waals surface area contributed by atoms with Gasteiger partial charge in [-0.15, -0.1) is 0 Å². The van der Waals surface area contributed by atoms with Gasteiger partial charge in [0.25, 0.3) is 0 Å². The van der Waals surface area contributed by atoms with E-state index in [0.29, 0.717) is 23.7 Å². The Bertz CT molecular complexity index is 602. The quantitative estimate of drug-likeness (QED) is 0.810. The highest BCUT2D eigenvalue weighted by molar-refractivity contribution is 5.66. The van der Waals surface area contributed by atoms with Crippen molar-refractivity contribution in [2.75, 3.05) is 17.7 Å². The van der Waals surface area contributed by atoms with Gasteiger partial charge in [0.15, 0.2) is 11.6 Å². The van der Waals surface area contributed by atoms with Crippen molar-refractivity contribution in [3.63, 3.8) is 0 Å². The Morgan fingerprint density at radius 1 is 1.20 bits per heavy atom. The molecule has 106 valence electrons. The standard InChI is InChI=1S/C15H16F2N2O/c1-2-6-20-12-8-10(18)7-11(9-12)19-14-5-3-4-13(16)15(14)17/h3-5,7-9,19H,2,6,18H2,1H3. The Kier molecular flexibility index (Phi) is 4.40. The van der Waals surface area contributed by atoms with Crippen LogP contribution in [0.15, 0.2) is 36.4 Å². The fourth-order valence-electron chi connectivity index (χ4n) is 1.75. The van der Waals surface area contributed by atoms with E-state index in [2.05, 4.69) is 5.32 Å². The number of benzene rings is 2. The highest BCUT2D eigenvalue weighted by Crippen LogP contribution is 2.27. The molecule has 0 aliphatic rings. The van der Waals surface area contributed by atoms with Crippen LogP contribution < -0.4 is 15.8 Å². The number of rotatable bonds is 5. The van der Waals surface area contributed by atoms with Gasteiger partial charge in [0, 0.05) is 23.5 Å². The maximum atomic E-state index is 13.6. The van der Waals surface area contributed by atoms with Crippen molar-refractivity contribution in [2.45, 2.75) is 13.3 Å². The van der Waals surface area contributed by atoms with E-state index >= 15 is 0 Å². The normalized spacial score (nSPS) is 10.3. The Labute approximate surface area is 116 Å². The molecule has 3 nitrogen and oxygen atoms in total. The summed E-state index contributed by atoms with van der Waals surface area (Å²) in [5, 5.41) is 2.80. The minimum atomic E-state index is -0.925. The number of hydrogen-bond acceptors (Lipinski definition) is 3. The molecule has 2 aromatic rings. The lowest BCUT2D eigenvalue weighted by atomic mass is 10.2. The first-order valence-corrected chi connectivity index (χ1v) is 6.34. The van der Waals surface area contributed by atoms with Crippen LogP contribution in [-0.4, -0.2) is 6.61 Å². The van der Waals surface area contributed by atoms with Crippen molar-refractivity contribution < 1.29 is 13.5 Å². The maximum absolute atomic E-state index is 13.6. The molecule has 0 heterocycles. The van der Waals surface area contributed by atoms with Crippen molar-refractivity contribution >= 4 is 17.1 Å². The fourth-order valence-corrected chi connectivity index (χ4v) is 1.75.